The van der Waals surface area contributed by atoms with Gasteiger partial charge in [-0.1, -0.05) is 18.3 Å². The maximum absolute atomic E-state index is 4.91. The third-order valence-corrected chi connectivity index (χ3v) is 2.73. The Labute approximate surface area is 102 Å². The first-order valence-electron chi connectivity index (χ1n) is 5.13. The number of aromatic nitrogens is 1. The van der Waals surface area contributed by atoms with Crippen molar-refractivity contribution in [2.75, 3.05) is 13.1 Å². The zero-order chi connectivity index (χ0) is 10.9. The van der Waals surface area contributed by atoms with E-state index in [1.807, 2.05) is 18.2 Å². The van der Waals surface area contributed by atoms with Crippen molar-refractivity contribution < 1.29 is 0 Å². The van der Waals surface area contributed by atoms with Crippen molar-refractivity contribution >= 4 is 29.2 Å². The molecule has 0 radical (unpaired) electrons. The Hall–Kier alpha value is -0.610. The van der Waals surface area contributed by atoms with Crippen LogP contribution in [0, 0.1) is 0 Å². The van der Waals surface area contributed by atoms with E-state index in [2.05, 4.69) is 22.5 Å². The van der Waals surface area contributed by atoms with Gasteiger partial charge in [-0.3, -0.25) is 4.98 Å². The van der Waals surface area contributed by atoms with Gasteiger partial charge in [0.2, 0.25) is 0 Å². The molecule has 1 aliphatic rings. The molecule has 0 unspecified atom stereocenters. The second-order valence-electron chi connectivity index (χ2n) is 3.35. The summed E-state index contributed by atoms with van der Waals surface area (Å²) < 4.78 is 0.759. The number of rotatable bonds is 0. The molecule has 0 spiro atoms. The SMILES string of the molecule is S=C(S)N1CCCCC1.c1ccncc1. The predicted molar refractivity (Wildman–Crippen MR) is 71.2 cm³/mol. The highest BCUT2D eigenvalue weighted by Gasteiger charge is 2.09. The van der Waals surface area contributed by atoms with Gasteiger partial charge in [0.15, 0.2) is 0 Å². The lowest BCUT2D eigenvalue weighted by Crippen LogP contribution is -2.31. The molecule has 0 aliphatic carbocycles. The van der Waals surface area contributed by atoms with E-state index in [1.165, 1.54) is 19.3 Å². The standard InChI is InChI=1S/C6H11NS2.C5H5N/c8-6(9)7-4-2-1-3-5-7;1-2-4-6-5-3-1/h1-5H2,(H,8,9);1-5H. The minimum atomic E-state index is 0.759. The third kappa shape index (κ3) is 5.74. The second-order valence-corrected chi connectivity index (χ2v) is 4.47. The number of thiol groups is 1. The van der Waals surface area contributed by atoms with Gasteiger partial charge in [0.05, 0.1) is 0 Å². The first kappa shape index (κ1) is 12.5. The fraction of sp³-hybridized carbons (Fsp3) is 0.455. The van der Waals surface area contributed by atoms with Gasteiger partial charge >= 0.3 is 0 Å². The molecule has 2 nitrogen and oxygen atoms in total. The normalized spacial score (nSPS) is 15.1. The monoisotopic (exact) mass is 240 g/mol. The van der Waals surface area contributed by atoms with E-state index in [9.17, 15) is 0 Å². The van der Waals surface area contributed by atoms with Gasteiger partial charge in [-0.15, -0.1) is 12.6 Å². The van der Waals surface area contributed by atoms with Crippen LogP contribution in [0.25, 0.3) is 0 Å². The van der Waals surface area contributed by atoms with E-state index in [1.54, 1.807) is 12.4 Å². The molecule has 0 atom stereocenters. The summed E-state index contributed by atoms with van der Waals surface area (Å²) >= 11 is 9.00. The number of hydrogen-bond donors (Lipinski definition) is 1. The van der Waals surface area contributed by atoms with Crippen molar-refractivity contribution in [2.24, 2.45) is 0 Å². The number of hydrogen-bond acceptors (Lipinski definition) is 2. The van der Waals surface area contributed by atoms with Gasteiger partial charge in [-0.05, 0) is 31.4 Å². The van der Waals surface area contributed by atoms with E-state index in [-0.39, 0.29) is 0 Å². The van der Waals surface area contributed by atoms with Crippen LogP contribution in [0.3, 0.4) is 0 Å². The van der Waals surface area contributed by atoms with Gasteiger partial charge in [0.25, 0.3) is 0 Å². The first-order chi connectivity index (χ1) is 7.30. The van der Waals surface area contributed by atoms with E-state index in [0.29, 0.717) is 0 Å². The van der Waals surface area contributed by atoms with Gasteiger partial charge in [-0.2, -0.15) is 0 Å². The summed E-state index contributed by atoms with van der Waals surface area (Å²) in [7, 11) is 0. The average molecular weight is 240 g/mol. The smallest absolute Gasteiger partial charge is 0.133 e. The summed E-state index contributed by atoms with van der Waals surface area (Å²) in [5.74, 6) is 0. The average Bonchev–Trinajstić information content (AvgIpc) is 2.33. The molecule has 0 saturated carbocycles. The molecule has 2 heterocycles. The van der Waals surface area contributed by atoms with Crippen molar-refractivity contribution in [3.8, 4) is 0 Å². The fourth-order valence-electron chi connectivity index (χ4n) is 1.40. The third-order valence-electron chi connectivity index (χ3n) is 2.19. The lowest BCUT2D eigenvalue weighted by Gasteiger charge is -2.26. The van der Waals surface area contributed by atoms with Crippen LogP contribution in [0.15, 0.2) is 30.6 Å². The lowest BCUT2D eigenvalue weighted by atomic mass is 10.1. The summed E-state index contributed by atoms with van der Waals surface area (Å²) in [5.41, 5.74) is 0. The van der Waals surface area contributed by atoms with Crippen molar-refractivity contribution in [3.63, 3.8) is 0 Å². The molecule has 1 aliphatic heterocycles. The Morgan fingerprint density at radius 1 is 1.07 bits per heavy atom. The van der Waals surface area contributed by atoms with Crippen LogP contribution in [0.2, 0.25) is 0 Å². The van der Waals surface area contributed by atoms with E-state index in [4.69, 9.17) is 12.2 Å². The van der Waals surface area contributed by atoms with E-state index < -0.39 is 0 Å². The molecule has 0 bridgehead atoms. The number of piperidine rings is 1. The largest absolute Gasteiger partial charge is 0.358 e. The van der Waals surface area contributed by atoms with Gasteiger partial charge in [0, 0.05) is 25.5 Å². The molecular weight excluding hydrogens is 224 g/mol. The second kappa shape index (κ2) is 7.65. The zero-order valence-corrected chi connectivity index (χ0v) is 10.4. The van der Waals surface area contributed by atoms with Crippen molar-refractivity contribution in [3.05, 3.63) is 30.6 Å². The summed E-state index contributed by atoms with van der Waals surface area (Å²) in [4.78, 5) is 5.94. The maximum atomic E-state index is 4.91. The topological polar surface area (TPSA) is 16.1 Å². The number of pyridine rings is 1. The molecule has 1 fully saturated rings. The van der Waals surface area contributed by atoms with Crippen LogP contribution in [0.4, 0.5) is 0 Å². The Balaban J connectivity index is 0.000000162. The molecule has 0 amide bonds. The maximum Gasteiger partial charge on any atom is 0.133 e. The molecule has 1 aromatic heterocycles. The minimum absolute atomic E-state index is 0.759. The highest BCUT2D eigenvalue weighted by atomic mass is 32.1. The molecule has 15 heavy (non-hydrogen) atoms. The first-order valence-corrected chi connectivity index (χ1v) is 5.99. The molecule has 4 heteroatoms. The predicted octanol–water partition coefficient (Wildman–Crippen LogP) is 2.77. The Bertz CT molecular complexity index is 244. The molecular formula is C11H16N2S2. The van der Waals surface area contributed by atoms with Crippen LogP contribution >= 0.6 is 24.8 Å². The molecule has 2 rings (SSSR count). The number of likely N-dealkylation sites (tertiary alicyclic amines) is 1. The number of thiocarbonyl (C=S) groups is 1. The molecule has 1 saturated heterocycles. The quantitative estimate of drug-likeness (QED) is 0.555. The molecule has 0 N–H and O–H groups in total. The Morgan fingerprint density at radius 3 is 1.93 bits per heavy atom. The number of nitrogens with zero attached hydrogens (tertiary/aromatic N) is 2. The van der Waals surface area contributed by atoms with Crippen molar-refractivity contribution in [1.29, 1.82) is 0 Å². The fourth-order valence-corrected chi connectivity index (χ4v) is 1.78. The van der Waals surface area contributed by atoms with Crippen LogP contribution in [-0.2, 0) is 0 Å². The zero-order valence-electron chi connectivity index (χ0n) is 8.67. The van der Waals surface area contributed by atoms with Gasteiger partial charge in [-0.25, -0.2) is 0 Å². The summed E-state index contributed by atoms with van der Waals surface area (Å²) in [6.07, 6.45) is 7.41. The lowest BCUT2D eigenvalue weighted by molar-refractivity contribution is 0.352. The minimum Gasteiger partial charge on any atom is -0.358 e. The van der Waals surface area contributed by atoms with Gasteiger partial charge in [0.1, 0.15) is 4.32 Å². The Kier molecular flexibility index (Phi) is 6.36. The van der Waals surface area contributed by atoms with Crippen LogP contribution in [0.1, 0.15) is 19.3 Å². The van der Waals surface area contributed by atoms with Gasteiger partial charge < -0.3 is 4.90 Å². The van der Waals surface area contributed by atoms with Crippen LogP contribution < -0.4 is 0 Å². The molecule has 0 aromatic carbocycles. The molecule has 82 valence electrons. The highest BCUT2D eigenvalue weighted by molar-refractivity contribution is 8.10. The summed E-state index contributed by atoms with van der Waals surface area (Å²) in [5, 5.41) is 0. The summed E-state index contributed by atoms with van der Waals surface area (Å²) in [6, 6.07) is 5.72. The Morgan fingerprint density at radius 2 is 1.67 bits per heavy atom. The van der Waals surface area contributed by atoms with E-state index in [0.717, 1.165) is 17.4 Å². The van der Waals surface area contributed by atoms with Crippen molar-refractivity contribution in [2.45, 2.75) is 19.3 Å². The van der Waals surface area contributed by atoms with E-state index >= 15 is 0 Å². The highest BCUT2D eigenvalue weighted by Crippen LogP contribution is 2.10. The van der Waals surface area contributed by atoms with Crippen molar-refractivity contribution in [1.82, 2.24) is 9.88 Å². The summed E-state index contributed by atoms with van der Waals surface area (Å²) in [6.45, 7) is 2.23. The van der Waals surface area contributed by atoms with Crippen LogP contribution in [-0.4, -0.2) is 27.3 Å². The molecule has 1 aromatic rings. The van der Waals surface area contributed by atoms with Crippen LogP contribution in [0.5, 0.6) is 0 Å².